The molecule has 0 heterocycles. The van der Waals surface area contributed by atoms with E-state index in [4.69, 9.17) is 0 Å². The second-order valence-corrected chi connectivity index (χ2v) is 5.02. The molecule has 0 radical (unpaired) electrons. The van der Waals surface area contributed by atoms with Gasteiger partial charge in [0.1, 0.15) is 0 Å². The first-order valence-corrected chi connectivity index (χ1v) is 5.81. The van der Waals surface area contributed by atoms with E-state index in [1.54, 1.807) is 0 Å². The van der Waals surface area contributed by atoms with Crippen molar-refractivity contribution in [3.8, 4) is 11.5 Å². The lowest BCUT2D eigenvalue weighted by atomic mass is 9.70. The van der Waals surface area contributed by atoms with E-state index in [-0.39, 0.29) is 28.4 Å². The van der Waals surface area contributed by atoms with Crippen molar-refractivity contribution in [1.29, 1.82) is 0 Å². The van der Waals surface area contributed by atoms with E-state index in [2.05, 4.69) is 12.2 Å². The van der Waals surface area contributed by atoms with Crippen LogP contribution in [0.1, 0.15) is 36.5 Å². The molecule has 1 aliphatic rings. The number of carbonyl (C=O) groups is 1. The van der Waals surface area contributed by atoms with Gasteiger partial charge in [-0.3, -0.25) is 4.79 Å². The van der Waals surface area contributed by atoms with Gasteiger partial charge >= 0.3 is 0 Å². The molecule has 0 aromatic heterocycles. The van der Waals surface area contributed by atoms with Crippen LogP contribution in [-0.2, 0) is 0 Å². The summed E-state index contributed by atoms with van der Waals surface area (Å²) in [7, 11) is 0. The van der Waals surface area contributed by atoms with Crippen molar-refractivity contribution in [1.82, 2.24) is 5.32 Å². The third-order valence-electron chi connectivity index (χ3n) is 3.50. The zero-order valence-electron chi connectivity index (χ0n) is 9.86. The number of hydrogen-bond acceptors (Lipinski definition) is 3. The van der Waals surface area contributed by atoms with Gasteiger partial charge in [-0.05, 0) is 30.4 Å². The van der Waals surface area contributed by atoms with Gasteiger partial charge in [0.05, 0.1) is 5.56 Å². The maximum absolute atomic E-state index is 11.8. The smallest absolute Gasteiger partial charge is 0.255 e. The number of carbonyl (C=O) groups excluding carboxylic acids is 1. The highest BCUT2D eigenvalue weighted by Crippen LogP contribution is 2.39. The number of amides is 1. The van der Waals surface area contributed by atoms with E-state index in [9.17, 15) is 15.0 Å². The van der Waals surface area contributed by atoms with E-state index in [0.29, 0.717) is 6.54 Å². The molecule has 1 saturated carbocycles. The summed E-state index contributed by atoms with van der Waals surface area (Å²) in [6.45, 7) is 2.75. The Kier molecular flexibility index (Phi) is 2.96. The molecule has 0 aliphatic heterocycles. The summed E-state index contributed by atoms with van der Waals surface area (Å²) in [6, 6.07) is 4.38. The van der Waals surface area contributed by atoms with Crippen LogP contribution >= 0.6 is 0 Å². The predicted molar refractivity (Wildman–Crippen MR) is 64.1 cm³/mol. The van der Waals surface area contributed by atoms with Gasteiger partial charge in [-0.2, -0.15) is 0 Å². The minimum absolute atomic E-state index is 0.118. The van der Waals surface area contributed by atoms with Crippen LogP contribution in [0.2, 0.25) is 0 Å². The normalized spacial score (nSPS) is 17.2. The number of para-hydroxylation sites is 1. The Morgan fingerprint density at radius 3 is 2.71 bits per heavy atom. The lowest BCUT2D eigenvalue weighted by Gasteiger charge is -2.38. The summed E-state index contributed by atoms with van der Waals surface area (Å²) in [5, 5.41) is 21.7. The van der Waals surface area contributed by atoms with Crippen molar-refractivity contribution in [2.45, 2.75) is 26.2 Å². The molecule has 3 N–H and O–H groups in total. The summed E-state index contributed by atoms with van der Waals surface area (Å²) in [5.41, 5.74) is 0.315. The Balaban J connectivity index is 2.02. The lowest BCUT2D eigenvalue weighted by Crippen LogP contribution is -2.39. The molecule has 0 bridgehead atoms. The molecule has 4 heteroatoms. The second-order valence-electron chi connectivity index (χ2n) is 5.02. The molecule has 1 aliphatic carbocycles. The van der Waals surface area contributed by atoms with Gasteiger partial charge in [-0.1, -0.05) is 19.4 Å². The van der Waals surface area contributed by atoms with Gasteiger partial charge in [0.2, 0.25) is 0 Å². The molecule has 1 amide bonds. The van der Waals surface area contributed by atoms with E-state index in [1.165, 1.54) is 24.6 Å². The van der Waals surface area contributed by atoms with Crippen LogP contribution in [0.15, 0.2) is 18.2 Å². The monoisotopic (exact) mass is 235 g/mol. The Bertz CT molecular complexity index is 438. The first-order valence-electron chi connectivity index (χ1n) is 5.81. The predicted octanol–water partition coefficient (Wildman–Crippen LogP) is 2.02. The molecule has 17 heavy (non-hydrogen) atoms. The minimum Gasteiger partial charge on any atom is -0.504 e. The van der Waals surface area contributed by atoms with Crippen LogP contribution in [0.25, 0.3) is 0 Å². The largest absolute Gasteiger partial charge is 0.504 e. The van der Waals surface area contributed by atoms with Crippen LogP contribution in [0, 0.1) is 5.41 Å². The van der Waals surface area contributed by atoms with Crippen molar-refractivity contribution in [3.05, 3.63) is 23.8 Å². The highest BCUT2D eigenvalue weighted by atomic mass is 16.3. The lowest BCUT2D eigenvalue weighted by molar-refractivity contribution is 0.0887. The molecule has 1 aromatic rings. The van der Waals surface area contributed by atoms with Crippen molar-refractivity contribution in [2.24, 2.45) is 5.41 Å². The van der Waals surface area contributed by atoms with E-state index < -0.39 is 0 Å². The van der Waals surface area contributed by atoms with Crippen LogP contribution in [0.5, 0.6) is 11.5 Å². The average Bonchev–Trinajstić information content (AvgIpc) is 2.27. The van der Waals surface area contributed by atoms with Crippen LogP contribution in [-0.4, -0.2) is 22.7 Å². The Morgan fingerprint density at radius 1 is 1.41 bits per heavy atom. The van der Waals surface area contributed by atoms with Crippen molar-refractivity contribution < 1.29 is 15.0 Å². The SMILES string of the molecule is CC1(CNC(=O)c2cccc(O)c2O)CCC1. The minimum atomic E-state index is -0.358. The summed E-state index contributed by atoms with van der Waals surface area (Å²) in [5.74, 6) is -0.970. The van der Waals surface area contributed by atoms with Gasteiger partial charge in [0.15, 0.2) is 11.5 Å². The van der Waals surface area contributed by atoms with Gasteiger partial charge in [-0.25, -0.2) is 0 Å². The molecular formula is C13H17NO3. The number of phenols is 2. The fraction of sp³-hybridized carbons (Fsp3) is 0.462. The molecule has 1 fully saturated rings. The average molecular weight is 235 g/mol. The third kappa shape index (κ3) is 2.35. The molecular weight excluding hydrogens is 218 g/mol. The molecule has 0 saturated heterocycles. The summed E-state index contributed by atoms with van der Waals surface area (Å²) in [6.07, 6.45) is 3.46. The maximum atomic E-state index is 11.8. The Morgan fingerprint density at radius 2 is 2.12 bits per heavy atom. The summed E-state index contributed by atoms with van der Waals surface area (Å²) in [4.78, 5) is 11.8. The number of benzene rings is 1. The van der Waals surface area contributed by atoms with Crippen LogP contribution < -0.4 is 5.32 Å². The molecule has 2 rings (SSSR count). The summed E-state index contributed by atoms with van der Waals surface area (Å²) >= 11 is 0. The number of rotatable bonds is 3. The fourth-order valence-corrected chi connectivity index (χ4v) is 2.06. The molecule has 92 valence electrons. The van der Waals surface area contributed by atoms with Crippen molar-refractivity contribution >= 4 is 5.91 Å². The number of hydrogen-bond donors (Lipinski definition) is 3. The van der Waals surface area contributed by atoms with Crippen molar-refractivity contribution in [2.75, 3.05) is 6.54 Å². The zero-order valence-corrected chi connectivity index (χ0v) is 9.86. The topological polar surface area (TPSA) is 69.6 Å². The number of phenolic OH excluding ortho intramolecular Hbond substituents is 2. The van der Waals surface area contributed by atoms with Crippen LogP contribution in [0.4, 0.5) is 0 Å². The first kappa shape index (κ1) is 11.8. The zero-order chi connectivity index (χ0) is 12.5. The van der Waals surface area contributed by atoms with E-state index >= 15 is 0 Å². The third-order valence-corrected chi connectivity index (χ3v) is 3.50. The second kappa shape index (κ2) is 4.28. The van der Waals surface area contributed by atoms with Gasteiger partial charge in [0.25, 0.3) is 5.91 Å². The number of aromatic hydroxyl groups is 2. The molecule has 1 aromatic carbocycles. The maximum Gasteiger partial charge on any atom is 0.255 e. The standard InChI is InChI=1S/C13H17NO3/c1-13(6-3-7-13)8-14-12(17)9-4-2-5-10(15)11(9)16/h2,4-5,15-16H,3,6-8H2,1H3,(H,14,17). The highest BCUT2D eigenvalue weighted by molar-refractivity contribution is 5.97. The fourth-order valence-electron chi connectivity index (χ4n) is 2.06. The van der Waals surface area contributed by atoms with Gasteiger partial charge in [0, 0.05) is 6.54 Å². The van der Waals surface area contributed by atoms with Crippen LogP contribution in [0.3, 0.4) is 0 Å². The van der Waals surface area contributed by atoms with E-state index in [1.807, 2.05) is 0 Å². The van der Waals surface area contributed by atoms with Gasteiger partial charge in [-0.15, -0.1) is 0 Å². The summed E-state index contributed by atoms with van der Waals surface area (Å²) < 4.78 is 0. The van der Waals surface area contributed by atoms with Gasteiger partial charge < -0.3 is 15.5 Å². The molecule has 0 spiro atoms. The number of nitrogens with one attached hydrogen (secondary N) is 1. The highest BCUT2D eigenvalue weighted by Gasteiger charge is 2.32. The van der Waals surface area contributed by atoms with Crippen molar-refractivity contribution in [3.63, 3.8) is 0 Å². The molecule has 4 nitrogen and oxygen atoms in total. The molecule has 0 unspecified atom stereocenters. The Hall–Kier alpha value is -1.71. The quantitative estimate of drug-likeness (QED) is 0.702. The van der Waals surface area contributed by atoms with E-state index in [0.717, 1.165) is 12.8 Å². The Labute approximate surface area is 100 Å². The molecule has 0 atom stereocenters. The first-order chi connectivity index (χ1) is 8.02.